The third kappa shape index (κ3) is 2.64. The van der Waals surface area contributed by atoms with Gasteiger partial charge in [-0.1, -0.05) is 28.4 Å². The molecule has 0 amide bonds. The molecule has 0 heterocycles. The normalized spacial score (nSPS) is 24.9. The van der Waals surface area contributed by atoms with Crippen LogP contribution < -0.4 is 5.73 Å². The van der Waals surface area contributed by atoms with Crippen LogP contribution in [0, 0.1) is 17.7 Å². The maximum atomic E-state index is 13.7. The van der Waals surface area contributed by atoms with Crippen molar-refractivity contribution >= 4 is 15.9 Å². The lowest BCUT2D eigenvalue weighted by Gasteiger charge is -2.18. The Kier molecular flexibility index (Phi) is 3.98. The van der Waals surface area contributed by atoms with E-state index in [9.17, 15) is 4.39 Å². The van der Waals surface area contributed by atoms with Crippen LogP contribution in [0.2, 0.25) is 0 Å². The summed E-state index contributed by atoms with van der Waals surface area (Å²) in [6, 6.07) is 5.33. The van der Waals surface area contributed by atoms with E-state index in [1.807, 2.05) is 12.1 Å². The second-order valence-corrected chi connectivity index (χ2v) is 5.54. The van der Waals surface area contributed by atoms with Crippen LogP contribution >= 0.6 is 15.9 Å². The van der Waals surface area contributed by atoms with Crippen LogP contribution in [0.3, 0.4) is 0 Å². The van der Waals surface area contributed by atoms with E-state index in [0.29, 0.717) is 11.8 Å². The Morgan fingerprint density at radius 2 is 2.06 bits per heavy atom. The van der Waals surface area contributed by atoms with E-state index < -0.39 is 0 Å². The molecule has 16 heavy (non-hydrogen) atoms. The fourth-order valence-electron chi connectivity index (χ4n) is 2.66. The topological polar surface area (TPSA) is 26.0 Å². The molecule has 1 aromatic rings. The second kappa shape index (κ2) is 5.28. The lowest BCUT2D eigenvalue weighted by Crippen LogP contribution is -2.20. The first-order valence-electron chi connectivity index (χ1n) is 5.84. The average molecular weight is 286 g/mol. The molecule has 0 spiro atoms. The molecule has 1 nitrogen and oxygen atoms in total. The predicted octanol–water partition coefficient (Wildman–Crippen LogP) is 3.51. The highest BCUT2D eigenvalue weighted by molar-refractivity contribution is 9.10. The van der Waals surface area contributed by atoms with E-state index in [1.54, 1.807) is 6.07 Å². The van der Waals surface area contributed by atoms with Gasteiger partial charge in [-0.05, 0) is 55.3 Å². The molecule has 2 atom stereocenters. The van der Waals surface area contributed by atoms with Crippen LogP contribution in [0.25, 0.3) is 0 Å². The van der Waals surface area contributed by atoms with Gasteiger partial charge in [0.1, 0.15) is 5.82 Å². The molecule has 3 heteroatoms. The Labute approximate surface area is 104 Å². The number of hydrogen-bond acceptors (Lipinski definition) is 1. The van der Waals surface area contributed by atoms with Crippen LogP contribution in [-0.4, -0.2) is 6.54 Å². The molecule has 2 N–H and O–H groups in total. The monoisotopic (exact) mass is 285 g/mol. The van der Waals surface area contributed by atoms with Gasteiger partial charge in [-0.2, -0.15) is 0 Å². The summed E-state index contributed by atoms with van der Waals surface area (Å²) in [6.07, 6.45) is 4.47. The predicted molar refractivity (Wildman–Crippen MR) is 67.7 cm³/mol. The summed E-state index contributed by atoms with van der Waals surface area (Å²) in [5, 5.41) is 0. The number of rotatable bonds is 3. The molecule has 88 valence electrons. The average Bonchev–Trinajstić information content (AvgIpc) is 2.69. The zero-order chi connectivity index (χ0) is 11.5. The van der Waals surface area contributed by atoms with Gasteiger partial charge < -0.3 is 5.73 Å². The second-order valence-electron chi connectivity index (χ2n) is 4.63. The zero-order valence-corrected chi connectivity index (χ0v) is 10.8. The maximum absolute atomic E-state index is 13.7. The molecule has 1 saturated carbocycles. The van der Waals surface area contributed by atoms with Gasteiger partial charge in [0, 0.05) is 4.47 Å². The molecule has 0 saturated heterocycles. The molecule has 2 unspecified atom stereocenters. The molecule has 0 bridgehead atoms. The first kappa shape index (κ1) is 12.1. The van der Waals surface area contributed by atoms with E-state index in [0.717, 1.165) is 23.0 Å². The fraction of sp³-hybridized carbons (Fsp3) is 0.538. The van der Waals surface area contributed by atoms with E-state index in [2.05, 4.69) is 15.9 Å². The van der Waals surface area contributed by atoms with Crippen molar-refractivity contribution in [3.8, 4) is 0 Å². The summed E-state index contributed by atoms with van der Waals surface area (Å²) in [4.78, 5) is 0. The van der Waals surface area contributed by atoms with E-state index >= 15 is 0 Å². The highest BCUT2D eigenvalue weighted by Gasteiger charge is 2.26. The van der Waals surface area contributed by atoms with Crippen LogP contribution in [0.1, 0.15) is 24.8 Å². The minimum absolute atomic E-state index is 0.1000. The summed E-state index contributed by atoms with van der Waals surface area (Å²) in [6.45, 7) is 0.739. The SMILES string of the molecule is NCC1CCCC1Cc1ccc(Br)cc1F. The molecule has 1 aliphatic rings. The fourth-order valence-corrected chi connectivity index (χ4v) is 3.00. The molecule has 0 aromatic heterocycles. The Balaban J connectivity index is 2.08. The van der Waals surface area contributed by atoms with E-state index in [-0.39, 0.29) is 5.82 Å². The van der Waals surface area contributed by atoms with Crippen molar-refractivity contribution in [2.75, 3.05) is 6.54 Å². The Bertz CT molecular complexity index is 367. The molecule has 1 aliphatic carbocycles. The quantitative estimate of drug-likeness (QED) is 0.904. The number of halogens is 2. The summed E-state index contributed by atoms with van der Waals surface area (Å²) in [5.41, 5.74) is 6.57. The third-order valence-corrected chi connectivity index (χ3v) is 4.11. The smallest absolute Gasteiger partial charge is 0.127 e. The lowest BCUT2D eigenvalue weighted by atomic mass is 9.89. The Morgan fingerprint density at radius 1 is 1.31 bits per heavy atom. The van der Waals surface area contributed by atoms with Gasteiger partial charge in [0.25, 0.3) is 0 Å². The standard InChI is InChI=1S/C13H17BrFN/c14-12-5-4-10(13(15)7-12)6-9-2-1-3-11(9)8-16/h4-5,7,9,11H,1-3,6,8,16H2. The van der Waals surface area contributed by atoms with Crippen LogP contribution in [0.15, 0.2) is 22.7 Å². The van der Waals surface area contributed by atoms with Crippen LogP contribution in [0.4, 0.5) is 4.39 Å². The largest absolute Gasteiger partial charge is 0.330 e. The summed E-state index contributed by atoms with van der Waals surface area (Å²) in [5.74, 6) is 1.06. The highest BCUT2D eigenvalue weighted by atomic mass is 79.9. The van der Waals surface area contributed by atoms with Gasteiger partial charge in [-0.3, -0.25) is 0 Å². The van der Waals surface area contributed by atoms with Crippen LogP contribution in [0.5, 0.6) is 0 Å². The van der Waals surface area contributed by atoms with Crippen molar-refractivity contribution in [2.24, 2.45) is 17.6 Å². The van der Waals surface area contributed by atoms with Crippen LogP contribution in [-0.2, 0) is 6.42 Å². The first-order valence-corrected chi connectivity index (χ1v) is 6.64. The molecule has 0 radical (unpaired) electrons. The molecular formula is C13H17BrFN. The van der Waals surface area contributed by atoms with Gasteiger partial charge in [-0.25, -0.2) is 4.39 Å². The van der Waals surface area contributed by atoms with Gasteiger partial charge in [0.2, 0.25) is 0 Å². The summed E-state index contributed by atoms with van der Waals surface area (Å²) >= 11 is 3.27. The molecule has 2 rings (SSSR count). The Morgan fingerprint density at radius 3 is 2.75 bits per heavy atom. The van der Waals surface area contributed by atoms with E-state index in [4.69, 9.17) is 5.73 Å². The van der Waals surface area contributed by atoms with E-state index in [1.165, 1.54) is 19.3 Å². The maximum Gasteiger partial charge on any atom is 0.127 e. The zero-order valence-electron chi connectivity index (χ0n) is 9.26. The third-order valence-electron chi connectivity index (χ3n) is 3.62. The van der Waals surface area contributed by atoms with Gasteiger partial charge in [0.15, 0.2) is 0 Å². The molecule has 1 aromatic carbocycles. The summed E-state index contributed by atoms with van der Waals surface area (Å²) < 4.78 is 14.5. The molecule has 0 aliphatic heterocycles. The number of benzene rings is 1. The van der Waals surface area contributed by atoms with Crippen molar-refractivity contribution in [2.45, 2.75) is 25.7 Å². The van der Waals surface area contributed by atoms with Crippen molar-refractivity contribution in [1.29, 1.82) is 0 Å². The number of hydrogen-bond donors (Lipinski definition) is 1. The summed E-state index contributed by atoms with van der Waals surface area (Å²) in [7, 11) is 0. The van der Waals surface area contributed by atoms with Crippen molar-refractivity contribution < 1.29 is 4.39 Å². The van der Waals surface area contributed by atoms with Gasteiger partial charge >= 0.3 is 0 Å². The minimum atomic E-state index is -0.1000. The lowest BCUT2D eigenvalue weighted by molar-refractivity contribution is 0.389. The van der Waals surface area contributed by atoms with Gasteiger partial charge in [0.05, 0.1) is 0 Å². The van der Waals surface area contributed by atoms with Gasteiger partial charge in [-0.15, -0.1) is 0 Å². The Hall–Kier alpha value is -0.410. The molecule has 1 fully saturated rings. The first-order chi connectivity index (χ1) is 7.70. The molecular weight excluding hydrogens is 269 g/mol. The van der Waals surface area contributed by atoms with Crippen molar-refractivity contribution in [3.05, 3.63) is 34.1 Å². The van der Waals surface area contributed by atoms with Crippen molar-refractivity contribution in [1.82, 2.24) is 0 Å². The highest BCUT2D eigenvalue weighted by Crippen LogP contribution is 2.34. The minimum Gasteiger partial charge on any atom is -0.330 e. The van der Waals surface area contributed by atoms with Crippen molar-refractivity contribution in [3.63, 3.8) is 0 Å². The number of nitrogens with two attached hydrogens (primary N) is 1.